The van der Waals surface area contributed by atoms with Crippen molar-refractivity contribution in [2.75, 3.05) is 6.61 Å². The summed E-state index contributed by atoms with van der Waals surface area (Å²) in [5, 5.41) is 0. The smallest absolute Gasteiger partial charge is 0.403 e. The fourth-order valence-corrected chi connectivity index (χ4v) is 2.72. The maximum Gasteiger partial charge on any atom is 0.457 e. The molecule has 0 bridgehead atoms. The van der Waals surface area contributed by atoms with Crippen LogP contribution in [0.2, 0.25) is 6.32 Å². The second-order valence-corrected chi connectivity index (χ2v) is 7.43. The fraction of sp³-hybridized carbons (Fsp3) is 0.684. The molecular weight excluding hydrogens is 287 g/mol. The Labute approximate surface area is 141 Å². The van der Waals surface area contributed by atoms with Gasteiger partial charge in [0.2, 0.25) is 0 Å². The first kappa shape index (κ1) is 18.5. The largest absolute Gasteiger partial charge is 0.457 e. The first-order valence-corrected chi connectivity index (χ1v) is 8.88. The summed E-state index contributed by atoms with van der Waals surface area (Å²) in [4.78, 5) is 0. The van der Waals surface area contributed by atoms with Crippen molar-refractivity contribution in [3.63, 3.8) is 0 Å². The normalized spacial score (nSPS) is 19.2. The van der Waals surface area contributed by atoms with E-state index in [2.05, 4.69) is 52.0 Å². The predicted molar refractivity (Wildman–Crippen MR) is 95.5 cm³/mol. The molecule has 1 aliphatic heterocycles. The number of rotatable bonds is 9. The molecule has 0 atom stereocenters. The van der Waals surface area contributed by atoms with Gasteiger partial charge in [-0.15, -0.1) is 0 Å². The Morgan fingerprint density at radius 2 is 1.48 bits per heavy atom. The van der Waals surface area contributed by atoms with E-state index in [0.717, 1.165) is 32.4 Å². The SMILES string of the molecule is CC1(C)OB(CCCCCCOCc2ccccc2)OC1(C)C. The van der Waals surface area contributed by atoms with Crippen molar-refractivity contribution in [2.45, 2.75) is 77.5 Å². The van der Waals surface area contributed by atoms with Crippen LogP contribution in [-0.2, 0) is 20.7 Å². The van der Waals surface area contributed by atoms with E-state index in [9.17, 15) is 0 Å². The highest BCUT2D eigenvalue weighted by molar-refractivity contribution is 6.45. The molecule has 1 aromatic rings. The second kappa shape index (κ2) is 8.32. The van der Waals surface area contributed by atoms with Crippen LogP contribution < -0.4 is 0 Å². The van der Waals surface area contributed by atoms with Gasteiger partial charge < -0.3 is 14.0 Å². The Kier molecular flexibility index (Phi) is 6.69. The van der Waals surface area contributed by atoms with Crippen molar-refractivity contribution in [1.29, 1.82) is 0 Å². The molecule has 23 heavy (non-hydrogen) atoms. The molecule has 0 saturated carbocycles. The molecule has 1 fully saturated rings. The quantitative estimate of drug-likeness (QED) is 0.481. The van der Waals surface area contributed by atoms with Crippen molar-refractivity contribution in [3.05, 3.63) is 35.9 Å². The molecule has 0 N–H and O–H groups in total. The van der Waals surface area contributed by atoms with Crippen molar-refractivity contribution in [1.82, 2.24) is 0 Å². The van der Waals surface area contributed by atoms with Crippen LogP contribution in [0.1, 0.15) is 58.9 Å². The van der Waals surface area contributed by atoms with Gasteiger partial charge in [-0.25, -0.2) is 0 Å². The summed E-state index contributed by atoms with van der Waals surface area (Å²) < 4.78 is 17.7. The summed E-state index contributed by atoms with van der Waals surface area (Å²) in [7, 11) is -0.0469. The van der Waals surface area contributed by atoms with Gasteiger partial charge in [0.15, 0.2) is 0 Å². The third-order valence-electron chi connectivity index (χ3n) is 4.89. The van der Waals surface area contributed by atoms with Gasteiger partial charge in [-0.2, -0.15) is 0 Å². The van der Waals surface area contributed by atoms with Crippen molar-refractivity contribution < 1.29 is 14.0 Å². The summed E-state index contributed by atoms with van der Waals surface area (Å²) in [5.41, 5.74) is 0.833. The van der Waals surface area contributed by atoms with Crippen LogP contribution in [0.25, 0.3) is 0 Å². The Balaban J connectivity index is 1.47. The minimum atomic E-state index is -0.205. The summed E-state index contributed by atoms with van der Waals surface area (Å²) in [6.45, 7) is 9.99. The minimum Gasteiger partial charge on any atom is -0.403 e. The van der Waals surface area contributed by atoms with Gasteiger partial charge in [-0.05, 0) is 46.0 Å². The molecule has 3 nitrogen and oxygen atoms in total. The molecule has 1 aromatic carbocycles. The van der Waals surface area contributed by atoms with E-state index in [-0.39, 0.29) is 18.3 Å². The molecule has 4 heteroatoms. The minimum absolute atomic E-state index is 0.0469. The van der Waals surface area contributed by atoms with Crippen molar-refractivity contribution in [2.24, 2.45) is 0 Å². The number of hydrogen-bond donors (Lipinski definition) is 0. The number of benzene rings is 1. The van der Waals surface area contributed by atoms with Crippen molar-refractivity contribution in [3.8, 4) is 0 Å². The second-order valence-electron chi connectivity index (χ2n) is 7.43. The topological polar surface area (TPSA) is 27.7 Å². The molecule has 0 amide bonds. The summed E-state index contributed by atoms with van der Waals surface area (Å²) in [6.07, 6.45) is 5.66. The van der Waals surface area contributed by atoms with E-state index >= 15 is 0 Å². The van der Waals surface area contributed by atoms with Crippen LogP contribution in [0.4, 0.5) is 0 Å². The molecule has 0 aromatic heterocycles. The molecular formula is C19H31BO3. The van der Waals surface area contributed by atoms with Gasteiger partial charge in [-0.3, -0.25) is 0 Å². The standard InChI is InChI=1S/C19H31BO3/c1-18(2)19(3,4)23-20(22-18)14-10-5-6-11-15-21-16-17-12-8-7-9-13-17/h7-9,12-13H,5-6,10-11,14-16H2,1-4H3. The van der Waals surface area contributed by atoms with Gasteiger partial charge in [0.1, 0.15) is 0 Å². The van der Waals surface area contributed by atoms with E-state index in [1.54, 1.807) is 0 Å². The number of ether oxygens (including phenoxy) is 1. The van der Waals surface area contributed by atoms with Crippen LogP contribution in [-0.4, -0.2) is 24.9 Å². The maximum atomic E-state index is 6.01. The zero-order valence-corrected chi connectivity index (χ0v) is 15.1. The van der Waals surface area contributed by atoms with Crippen LogP contribution in [0, 0.1) is 0 Å². The third-order valence-corrected chi connectivity index (χ3v) is 4.89. The Hall–Kier alpha value is -0.835. The van der Waals surface area contributed by atoms with Gasteiger partial charge in [0.05, 0.1) is 17.8 Å². The number of hydrogen-bond acceptors (Lipinski definition) is 3. The lowest BCUT2D eigenvalue weighted by Gasteiger charge is -2.32. The van der Waals surface area contributed by atoms with Crippen molar-refractivity contribution >= 4 is 7.12 Å². The van der Waals surface area contributed by atoms with Crippen LogP contribution >= 0.6 is 0 Å². The van der Waals surface area contributed by atoms with Crippen LogP contribution in [0.15, 0.2) is 30.3 Å². The monoisotopic (exact) mass is 318 g/mol. The molecule has 2 rings (SSSR count). The molecule has 0 aliphatic carbocycles. The highest BCUT2D eigenvalue weighted by atomic mass is 16.7. The van der Waals surface area contributed by atoms with Crippen LogP contribution in [0.3, 0.4) is 0 Å². The molecule has 1 aliphatic rings. The predicted octanol–water partition coefficient (Wildman–Crippen LogP) is 4.86. The zero-order chi connectivity index (χ0) is 16.8. The first-order valence-electron chi connectivity index (χ1n) is 8.88. The van der Waals surface area contributed by atoms with Gasteiger partial charge >= 0.3 is 7.12 Å². The highest BCUT2D eigenvalue weighted by Crippen LogP contribution is 2.38. The third kappa shape index (κ3) is 5.63. The number of unbranched alkanes of at least 4 members (excludes halogenated alkanes) is 3. The summed E-state index contributed by atoms with van der Waals surface area (Å²) in [5.74, 6) is 0. The van der Waals surface area contributed by atoms with Gasteiger partial charge in [0, 0.05) is 6.61 Å². The van der Waals surface area contributed by atoms with Gasteiger partial charge in [0.25, 0.3) is 0 Å². The molecule has 128 valence electrons. The maximum absolute atomic E-state index is 6.01. The lowest BCUT2D eigenvalue weighted by molar-refractivity contribution is 0.00578. The molecule has 0 unspecified atom stereocenters. The molecule has 1 saturated heterocycles. The van der Waals surface area contributed by atoms with E-state index in [1.165, 1.54) is 18.4 Å². The molecule has 0 radical (unpaired) electrons. The average Bonchev–Trinajstić information content (AvgIpc) is 2.70. The Morgan fingerprint density at radius 3 is 2.13 bits per heavy atom. The Bertz CT molecular complexity index is 443. The first-order chi connectivity index (χ1) is 10.9. The zero-order valence-electron chi connectivity index (χ0n) is 15.1. The van der Waals surface area contributed by atoms with E-state index in [0.29, 0.717) is 0 Å². The summed E-state index contributed by atoms with van der Waals surface area (Å²) in [6, 6.07) is 10.3. The average molecular weight is 318 g/mol. The highest BCUT2D eigenvalue weighted by Gasteiger charge is 2.50. The van der Waals surface area contributed by atoms with Gasteiger partial charge in [-0.1, -0.05) is 49.6 Å². The van der Waals surface area contributed by atoms with E-state index in [4.69, 9.17) is 14.0 Å². The van der Waals surface area contributed by atoms with Crippen LogP contribution in [0.5, 0.6) is 0 Å². The lowest BCUT2D eigenvalue weighted by Crippen LogP contribution is -2.41. The van der Waals surface area contributed by atoms with E-state index in [1.807, 2.05) is 6.07 Å². The molecule has 0 spiro atoms. The lowest BCUT2D eigenvalue weighted by atomic mass is 9.82. The van der Waals surface area contributed by atoms with E-state index < -0.39 is 0 Å². The summed E-state index contributed by atoms with van der Waals surface area (Å²) >= 11 is 0. The molecule has 1 heterocycles. The Morgan fingerprint density at radius 1 is 0.870 bits per heavy atom. The fourth-order valence-electron chi connectivity index (χ4n) is 2.72.